The zero-order valence-corrected chi connectivity index (χ0v) is 38.8. The lowest BCUT2D eigenvalue weighted by atomic mass is 10.2. The van der Waals surface area contributed by atoms with E-state index in [1.54, 1.807) is 0 Å². The summed E-state index contributed by atoms with van der Waals surface area (Å²) in [4.78, 5) is 33.2. The molecular weight excluding hydrogens is 804 g/mol. The molecule has 0 saturated carbocycles. The Hall–Kier alpha value is -4.63. The lowest BCUT2D eigenvalue weighted by Gasteiger charge is -2.34. The minimum Gasteiger partial charge on any atom is -0.369 e. The Kier molecular flexibility index (Phi) is 19.4. The lowest BCUT2D eigenvalue weighted by molar-refractivity contribution is 0.120. The molecule has 2 aliphatic heterocycles. The molecule has 0 radical (unpaired) electrons. The highest BCUT2D eigenvalue weighted by Crippen LogP contribution is 2.22. The summed E-state index contributed by atoms with van der Waals surface area (Å²) in [5, 5.41) is 6.11. The fourth-order valence-electron chi connectivity index (χ4n) is 7.79. The van der Waals surface area contributed by atoms with Gasteiger partial charge >= 0.3 is 0 Å². The van der Waals surface area contributed by atoms with Crippen LogP contribution in [0.3, 0.4) is 0 Å². The molecule has 8 rings (SSSR count). The van der Waals surface area contributed by atoms with E-state index in [9.17, 15) is 0 Å². The molecule has 2 aliphatic rings. The van der Waals surface area contributed by atoms with Crippen LogP contribution < -0.4 is 11.1 Å². The van der Waals surface area contributed by atoms with E-state index < -0.39 is 0 Å². The van der Waals surface area contributed by atoms with Gasteiger partial charge < -0.3 is 20.9 Å². The first-order chi connectivity index (χ1) is 30.7. The summed E-state index contributed by atoms with van der Waals surface area (Å²) in [6.07, 6.45) is 2.19. The topological polar surface area (TPSA) is 109 Å². The third kappa shape index (κ3) is 16.1. The van der Waals surface area contributed by atoms with Crippen molar-refractivity contribution in [3.05, 3.63) is 137 Å². The van der Waals surface area contributed by atoms with E-state index in [0.717, 1.165) is 157 Å². The molecule has 4 aromatic carbocycles. The number of anilines is 1. The standard InChI is InChI=1S/C25H34N6.C20H21ClN4.C5H14N2/c1-29(2)14-8-13-26-25-22-11-6-7-12-23(22)27-24(28-25)20-31-17-15-30(16-18-31)19-21-9-4-3-5-10-21;21-20-17-8-4-5-9-18(17)22-19(23-20)15-25-12-10-24(11-13-25)14-16-6-2-1-3-7-16;1-7(2)5-3-4-6/h3-7,9-12H,8,13-20H2,1-2H3,(H,26,27,28);1-9H,10-15H2;3-6H2,1-2H3. The van der Waals surface area contributed by atoms with Crippen LogP contribution in [0.25, 0.3) is 21.8 Å². The maximum absolute atomic E-state index is 6.32. The number of hydrogen-bond donors (Lipinski definition) is 2. The molecule has 0 atom stereocenters. The van der Waals surface area contributed by atoms with Crippen LogP contribution in [0.5, 0.6) is 0 Å². The van der Waals surface area contributed by atoms with Crippen LogP contribution in [0.4, 0.5) is 5.82 Å². The fraction of sp³-hybridized carbons (Fsp3) is 0.440. The highest BCUT2D eigenvalue weighted by Gasteiger charge is 2.20. The Morgan fingerprint density at radius 2 is 0.921 bits per heavy atom. The lowest BCUT2D eigenvalue weighted by Crippen LogP contribution is -2.45. The molecule has 2 fully saturated rings. The van der Waals surface area contributed by atoms with Gasteiger partial charge in [0, 0.05) is 82.8 Å². The van der Waals surface area contributed by atoms with E-state index in [0.29, 0.717) is 5.15 Å². The molecule has 3 N–H and O–H groups in total. The summed E-state index contributed by atoms with van der Waals surface area (Å²) < 4.78 is 0. The zero-order chi connectivity index (χ0) is 44.2. The van der Waals surface area contributed by atoms with E-state index in [1.807, 2.05) is 24.3 Å². The molecule has 6 aromatic rings. The summed E-state index contributed by atoms with van der Waals surface area (Å²) in [5.41, 5.74) is 9.95. The first-order valence-corrected chi connectivity index (χ1v) is 23.0. The largest absolute Gasteiger partial charge is 0.369 e. The van der Waals surface area contributed by atoms with Gasteiger partial charge in [-0.05, 0) is 96.1 Å². The predicted octanol–water partition coefficient (Wildman–Crippen LogP) is 6.81. The second-order valence-electron chi connectivity index (χ2n) is 17.1. The first-order valence-electron chi connectivity index (χ1n) is 22.6. The van der Waals surface area contributed by atoms with Gasteiger partial charge in [0.2, 0.25) is 0 Å². The molecule has 0 amide bonds. The van der Waals surface area contributed by atoms with Gasteiger partial charge in [0.1, 0.15) is 22.6 Å². The number of nitrogens with one attached hydrogen (secondary N) is 1. The van der Waals surface area contributed by atoms with E-state index in [2.05, 4.69) is 158 Å². The number of fused-ring (bicyclic) bond motifs is 2. The molecule has 12 nitrogen and oxygen atoms in total. The van der Waals surface area contributed by atoms with Gasteiger partial charge in [0.25, 0.3) is 0 Å². The smallest absolute Gasteiger partial charge is 0.145 e. The van der Waals surface area contributed by atoms with Gasteiger partial charge in [0.05, 0.1) is 24.1 Å². The maximum atomic E-state index is 6.32. The predicted molar refractivity (Wildman–Crippen MR) is 262 cm³/mol. The molecule has 336 valence electrons. The van der Waals surface area contributed by atoms with Gasteiger partial charge in [-0.25, -0.2) is 19.9 Å². The van der Waals surface area contributed by atoms with Crippen LogP contribution in [-0.4, -0.2) is 156 Å². The average Bonchev–Trinajstić information content (AvgIpc) is 3.29. The van der Waals surface area contributed by atoms with Crippen molar-refractivity contribution in [3.8, 4) is 0 Å². The van der Waals surface area contributed by atoms with Gasteiger partial charge in [-0.1, -0.05) is 96.5 Å². The van der Waals surface area contributed by atoms with Gasteiger partial charge in [-0.15, -0.1) is 0 Å². The highest BCUT2D eigenvalue weighted by molar-refractivity contribution is 6.34. The quantitative estimate of drug-likeness (QED) is 0.0789. The molecule has 2 saturated heterocycles. The van der Waals surface area contributed by atoms with E-state index in [4.69, 9.17) is 27.3 Å². The van der Waals surface area contributed by atoms with Crippen molar-refractivity contribution in [2.24, 2.45) is 5.73 Å². The second kappa shape index (κ2) is 25.6. The minimum absolute atomic E-state index is 0.545. The summed E-state index contributed by atoms with van der Waals surface area (Å²) in [7, 11) is 8.32. The molecule has 2 aromatic heterocycles. The van der Waals surface area contributed by atoms with Crippen molar-refractivity contribution in [1.82, 2.24) is 49.3 Å². The summed E-state index contributed by atoms with van der Waals surface area (Å²) in [6, 6.07) is 37.6. The van der Waals surface area contributed by atoms with Crippen LogP contribution in [0.2, 0.25) is 5.15 Å². The number of nitrogens with zero attached hydrogens (tertiary/aromatic N) is 10. The van der Waals surface area contributed by atoms with Crippen molar-refractivity contribution in [2.75, 3.05) is 112 Å². The number of para-hydroxylation sites is 2. The summed E-state index contributed by atoms with van der Waals surface area (Å²) in [6.45, 7) is 15.9. The Balaban J connectivity index is 0.000000185. The van der Waals surface area contributed by atoms with Crippen LogP contribution in [-0.2, 0) is 26.2 Å². The Morgan fingerprint density at radius 1 is 0.508 bits per heavy atom. The molecule has 0 aliphatic carbocycles. The van der Waals surface area contributed by atoms with Crippen molar-refractivity contribution >= 4 is 39.2 Å². The Morgan fingerprint density at radius 3 is 1.40 bits per heavy atom. The van der Waals surface area contributed by atoms with Gasteiger partial charge in [-0.3, -0.25) is 19.6 Å². The SMILES string of the molecule is CN(C)CCCN.CN(C)CCCNc1nc(CN2CCN(Cc3ccccc3)CC2)nc2ccccc12.Clc1nc(CN2CCN(Cc3ccccc3)CC2)nc2ccccc12. The Labute approximate surface area is 381 Å². The zero-order valence-electron chi connectivity index (χ0n) is 38.0. The van der Waals surface area contributed by atoms with Crippen molar-refractivity contribution in [3.63, 3.8) is 0 Å². The number of rotatable bonds is 16. The third-order valence-corrected chi connectivity index (χ3v) is 11.6. The van der Waals surface area contributed by atoms with Gasteiger partial charge in [-0.2, -0.15) is 0 Å². The third-order valence-electron chi connectivity index (χ3n) is 11.3. The van der Waals surface area contributed by atoms with Crippen molar-refractivity contribution in [1.29, 1.82) is 0 Å². The summed E-state index contributed by atoms with van der Waals surface area (Å²) >= 11 is 6.32. The molecule has 63 heavy (non-hydrogen) atoms. The summed E-state index contributed by atoms with van der Waals surface area (Å²) in [5.74, 6) is 2.67. The number of benzene rings is 4. The van der Waals surface area contributed by atoms with Gasteiger partial charge in [0.15, 0.2) is 0 Å². The van der Waals surface area contributed by atoms with E-state index in [-0.39, 0.29) is 0 Å². The minimum atomic E-state index is 0.545. The number of nitrogens with two attached hydrogens (primary N) is 1. The molecule has 0 spiro atoms. The molecule has 0 bridgehead atoms. The average molecular weight is 874 g/mol. The molecular formula is C50H69ClN12. The Bertz CT molecular complexity index is 2210. The van der Waals surface area contributed by atoms with E-state index >= 15 is 0 Å². The first kappa shape index (κ1) is 47.8. The number of hydrogen-bond acceptors (Lipinski definition) is 12. The van der Waals surface area contributed by atoms with Crippen molar-refractivity contribution in [2.45, 2.75) is 39.0 Å². The second-order valence-corrected chi connectivity index (χ2v) is 17.4. The molecule has 4 heterocycles. The van der Waals surface area contributed by atoms with Crippen LogP contribution in [0.1, 0.15) is 35.6 Å². The monoisotopic (exact) mass is 873 g/mol. The van der Waals surface area contributed by atoms with Crippen molar-refractivity contribution < 1.29 is 0 Å². The maximum Gasteiger partial charge on any atom is 0.145 e. The van der Waals surface area contributed by atoms with Crippen LogP contribution >= 0.6 is 11.6 Å². The molecule has 13 heteroatoms. The number of piperazine rings is 2. The number of halogens is 1. The highest BCUT2D eigenvalue weighted by atomic mass is 35.5. The number of aromatic nitrogens is 4. The van der Waals surface area contributed by atoms with Crippen LogP contribution in [0.15, 0.2) is 109 Å². The molecule has 0 unspecified atom stereocenters. The van der Waals surface area contributed by atoms with Crippen LogP contribution in [0, 0.1) is 0 Å². The van der Waals surface area contributed by atoms with E-state index in [1.165, 1.54) is 11.1 Å². The fourth-order valence-corrected chi connectivity index (χ4v) is 8.05. The normalized spacial score (nSPS) is 15.3.